The molecule has 2 heterocycles. The molecule has 43 heavy (non-hydrogen) atoms. The molecule has 0 saturated carbocycles. The molecular formula is C40H78O3. The van der Waals surface area contributed by atoms with Crippen molar-refractivity contribution >= 4 is 0 Å². The van der Waals surface area contributed by atoms with E-state index < -0.39 is 0 Å². The zero-order valence-electron chi connectivity index (χ0n) is 29.6. The topological polar surface area (TPSA) is 27.7 Å². The van der Waals surface area contributed by atoms with Gasteiger partial charge in [-0.05, 0) is 51.4 Å². The maximum atomic E-state index is 7.00. The number of ether oxygens (including phenoxy) is 3. The van der Waals surface area contributed by atoms with Crippen LogP contribution in [0.1, 0.15) is 219 Å². The number of unbranched alkanes of at least 4 members (excludes halogenated alkanes) is 20. The van der Waals surface area contributed by atoms with Gasteiger partial charge in [0.15, 0.2) is 0 Å². The van der Waals surface area contributed by atoms with E-state index in [0.29, 0.717) is 24.4 Å². The fourth-order valence-electron chi connectivity index (χ4n) is 7.06. The van der Waals surface area contributed by atoms with Gasteiger partial charge >= 0.3 is 0 Å². The minimum atomic E-state index is 0.507. The summed E-state index contributed by atoms with van der Waals surface area (Å²) in [6.45, 7) is 6.67. The summed E-state index contributed by atoms with van der Waals surface area (Å²) in [6, 6.07) is 0. The summed E-state index contributed by atoms with van der Waals surface area (Å²) in [4.78, 5) is 0. The average molecular weight is 607 g/mol. The summed E-state index contributed by atoms with van der Waals surface area (Å²) in [5.74, 6) is 0. The minimum Gasteiger partial charge on any atom is -0.378 e. The Kier molecular flexibility index (Phi) is 26.6. The van der Waals surface area contributed by atoms with Crippen molar-refractivity contribution in [2.45, 2.75) is 244 Å². The second kappa shape index (κ2) is 29.3. The molecule has 3 nitrogen and oxygen atoms in total. The third-order valence-electron chi connectivity index (χ3n) is 10.3. The van der Waals surface area contributed by atoms with Crippen LogP contribution >= 0.6 is 0 Å². The molecular weight excluding hydrogens is 528 g/mol. The Labute approximate surface area is 270 Å². The van der Waals surface area contributed by atoms with E-state index in [1.165, 1.54) is 205 Å². The maximum Gasteiger partial charge on any atom is 0.0597 e. The molecule has 4 unspecified atom stereocenters. The van der Waals surface area contributed by atoms with Crippen LogP contribution in [-0.4, -0.2) is 37.6 Å². The molecule has 2 aliphatic heterocycles. The molecule has 0 spiro atoms. The first kappa shape index (κ1) is 39.1. The van der Waals surface area contributed by atoms with Crippen LogP contribution in [-0.2, 0) is 14.2 Å². The van der Waals surface area contributed by atoms with Crippen molar-refractivity contribution in [2.75, 3.05) is 13.2 Å². The van der Waals surface area contributed by atoms with Crippen LogP contribution in [0.2, 0.25) is 0 Å². The zero-order valence-corrected chi connectivity index (χ0v) is 29.6. The molecule has 0 N–H and O–H groups in total. The highest BCUT2D eigenvalue weighted by molar-refractivity contribution is 4.68. The van der Waals surface area contributed by atoms with Gasteiger partial charge in [-0.15, -0.1) is 0 Å². The van der Waals surface area contributed by atoms with E-state index in [9.17, 15) is 0 Å². The first-order valence-electron chi connectivity index (χ1n) is 20.2. The minimum absolute atomic E-state index is 0.507. The Morgan fingerprint density at radius 3 is 0.977 bits per heavy atom. The quantitative estimate of drug-likeness (QED) is 0.0682. The molecule has 2 saturated heterocycles. The Bertz CT molecular complexity index is 510. The van der Waals surface area contributed by atoms with Crippen LogP contribution in [0.25, 0.3) is 0 Å². The van der Waals surface area contributed by atoms with Crippen LogP contribution in [0.15, 0.2) is 0 Å². The molecule has 0 radical (unpaired) electrons. The van der Waals surface area contributed by atoms with Crippen molar-refractivity contribution < 1.29 is 14.2 Å². The van der Waals surface area contributed by atoms with Gasteiger partial charge in [0.25, 0.3) is 0 Å². The van der Waals surface area contributed by atoms with Crippen LogP contribution in [0.4, 0.5) is 0 Å². The summed E-state index contributed by atoms with van der Waals surface area (Å²) < 4.78 is 18.1. The normalized spacial score (nSPS) is 19.7. The lowest BCUT2D eigenvalue weighted by Crippen LogP contribution is -2.26. The number of hydrogen-bond acceptors (Lipinski definition) is 3. The van der Waals surface area contributed by atoms with Crippen LogP contribution in [0, 0.1) is 0 Å². The van der Waals surface area contributed by atoms with Gasteiger partial charge in [0.2, 0.25) is 0 Å². The Morgan fingerprint density at radius 1 is 0.419 bits per heavy atom. The summed E-state index contributed by atoms with van der Waals surface area (Å²) in [5, 5.41) is 0. The molecule has 3 heteroatoms. The Hall–Kier alpha value is -0.120. The SMILES string of the molecule is CCCCCCC(CCCCCCCCCCC1CCO1)OC(CCCCCC)CCCCCCCCCCC1CCO1. The number of hydrogen-bond donors (Lipinski definition) is 0. The summed E-state index contributed by atoms with van der Waals surface area (Å²) in [7, 11) is 0. The van der Waals surface area contributed by atoms with Gasteiger partial charge in [0.1, 0.15) is 0 Å². The second-order valence-corrected chi connectivity index (χ2v) is 14.5. The second-order valence-electron chi connectivity index (χ2n) is 14.5. The van der Waals surface area contributed by atoms with E-state index in [0.717, 1.165) is 13.2 Å². The van der Waals surface area contributed by atoms with Crippen molar-refractivity contribution in [3.8, 4) is 0 Å². The highest BCUT2D eigenvalue weighted by Crippen LogP contribution is 2.24. The summed E-state index contributed by atoms with van der Waals surface area (Å²) >= 11 is 0. The fourth-order valence-corrected chi connectivity index (χ4v) is 7.06. The van der Waals surface area contributed by atoms with E-state index >= 15 is 0 Å². The van der Waals surface area contributed by atoms with Gasteiger partial charge in [-0.3, -0.25) is 0 Å². The summed E-state index contributed by atoms with van der Waals surface area (Å²) in [5.41, 5.74) is 0. The predicted octanol–water partition coefficient (Wildman–Crippen LogP) is 13.1. The van der Waals surface area contributed by atoms with E-state index in [1.807, 2.05) is 0 Å². The lowest BCUT2D eigenvalue weighted by molar-refractivity contribution is -0.0557. The smallest absolute Gasteiger partial charge is 0.0597 e. The van der Waals surface area contributed by atoms with Crippen LogP contribution < -0.4 is 0 Å². The summed E-state index contributed by atoms with van der Waals surface area (Å²) in [6.07, 6.45) is 46.1. The van der Waals surface area contributed by atoms with Crippen LogP contribution in [0.5, 0.6) is 0 Å². The molecule has 0 aromatic heterocycles. The van der Waals surface area contributed by atoms with E-state index in [1.54, 1.807) is 0 Å². The van der Waals surface area contributed by atoms with E-state index in [-0.39, 0.29) is 0 Å². The van der Waals surface area contributed by atoms with Gasteiger partial charge in [-0.1, -0.05) is 168 Å². The van der Waals surface area contributed by atoms with E-state index in [2.05, 4.69) is 13.8 Å². The highest BCUT2D eigenvalue weighted by Gasteiger charge is 2.18. The van der Waals surface area contributed by atoms with Gasteiger partial charge < -0.3 is 14.2 Å². The van der Waals surface area contributed by atoms with Gasteiger partial charge in [0.05, 0.1) is 24.4 Å². The molecule has 4 atom stereocenters. The van der Waals surface area contributed by atoms with Crippen molar-refractivity contribution in [2.24, 2.45) is 0 Å². The molecule has 256 valence electrons. The largest absolute Gasteiger partial charge is 0.378 e. The molecule has 0 aromatic rings. The third-order valence-corrected chi connectivity index (χ3v) is 10.3. The maximum absolute atomic E-state index is 7.00. The van der Waals surface area contributed by atoms with Crippen molar-refractivity contribution in [1.29, 1.82) is 0 Å². The Balaban J connectivity index is 1.58. The van der Waals surface area contributed by atoms with E-state index in [4.69, 9.17) is 14.2 Å². The molecule has 0 aromatic carbocycles. The predicted molar refractivity (Wildman–Crippen MR) is 187 cm³/mol. The lowest BCUT2D eigenvalue weighted by Gasteiger charge is -2.26. The van der Waals surface area contributed by atoms with Gasteiger partial charge in [-0.2, -0.15) is 0 Å². The van der Waals surface area contributed by atoms with Crippen LogP contribution in [0.3, 0.4) is 0 Å². The Morgan fingerprint density at radius 2 is 0.698 bits per heavy atom. The molecule has 2 fully saturated rings. The van der Waals surface area contributed by atoms with Crippen molar-refractivity contribution in [3.05, 3.63) is 0 Å². The average Bonchev–Trinajstić information content (AvgIpc) is 2.96. The van der Waals surface area contributed by atoms with Gasteiger partial charge in [0, 0.05) is 13.2 Å². The molecule has 2 rings (SSSR count). The monoisotopic (exact) mass is 607 g/mol. The molecule has 0 amide bonds. The molecule has 0 aliphatic carbocycles. The van der Waals surface area contributed by atoms with Crippen molar-refractivity contribution in [1.82, 2.24) is 0 Å². The third kappa shape index (κ3) is 22.9. The standard InChI is InChI=1S/C40H78O3/c1-3-5-7-21-29-39(31-25-19-15-11-9-13-17-23-27-37-33-35-41-37)43-40(30-22-8-6-4-2)32-26-20-16-12-10-14-18-24-28-38-34-36-42-38/h37-40H,3-36H2,1-2H3. The lowest BCUT2D eigenvalue weighted by atomic mass is 9.99. The zero-order chi connectivity index (χ0) is 30.5. The highest BCUT2D eigenvalue weighted by atomic mass is 16.5. The van der Waals surface area contributed by atoms with Crippen molar-refractivity contribution in [3.63, 3.8) is 0 Å². The number of rotatable bonds is 34. The first-order valence-corrected chi connectivity index (χ1v) is 20.2. The fraction of sp³-hybridized carbons (Fsp3) is 1.00. The van der Waals surface area contributed by atoms with Gasteiger partial charge in [-0.25, -0.2) is 0 Å². The molecule has 2 aliphatic rings. The molecule has 0 bridgehead atoms. The first-order chi connectivity index (χ1) is 21.3.